The molecule has 4 heteroatoms. The summed E-state index contributed by atoms with van der Waals surface area (Å²) >= 11 is 0. The summed E-state index contributed by atoms with van der Waals surface area (Å²) in [6.45, 7) is 2.70. The van der Waals surface area contributed by atoms with Crippen LogP contribution in [0.5, 0.6) is 0 Å². The fourth-order valence-electron chi connectivity index (χ4n) is 2.49. The highest BCUT2D eigenvalue weighted by Crippen LogP contribution is 2.29. The van der Waals surface area contributed by atoms with Gasteiger partial charge in [0.25, 0.3) is 0 Å². The molecule has 1 nitrogen and oxygen atoms in total. The molecular formula is C17H18F3N. The second-order valence-corrected chi connectivity index (χ2v) is 5.03. The van der Waals surface area contributed by atoms with E-state index < -0.39 is 17.5 Å². The standard InChI is InChI=1S/C17H18F3N/c1-2-11(9-10-21)12-3-5-13(6-4-12)14-7-8-15(18)17(20)16(14)19/h3-8,11H,2,9-10,21H2,1H3. The summed E-state index contributed by atoms with van der Waals surface area (Å²) in [7, 11) is 0. The van der Waals surface area contributed by atoms with Crippen LogP contribution >= 0.6 is 0 Å². The quantitative estimate of drug-likeness (QED) is 0.800. The van der Waals surface area contributed by atoms with Crippen LogP contribution in [0, 0.1) is 17.5 Å². The molecule has 0 aliphatic rings. The van der Waals surface area contributed by atoms with E-state index in [9.17, 15) is 13.2 Å². The minimum Gasteiger partial charge on any atom is -0.330 e. The molecule has 1 atom stereocenters. The molecule has 2 aromatic rings. The molecule has 0 fully saturated rings. The summed E-state index contributed by atoms with van der Waals surface area (Å²) < 4.78 is 40.0. The molecule has 0 saturated carbocycles. The first-order valence-corrected chi connectivity index (χ1v) is 7.02. The van der Waals surface area contributed by atoms with Crippen LogP contribution in [0.15, 0.2) is 36.4 Å². The van der Waals surface area contributed by atoms with Crippen molar-refractivity contribution in [3.05, 3.63) is 59.4 Å². The fourth-order valence-corrected chi connectivity index (χ4v) is 2.49. The minimum atomic E-state index is -1.44. The largest absolute Gasteiger partial charge is 0.330 e. The molecule has 1 unspecified atom stereocenters. The van der Waals surface area contributed by atoms with E-state index in [2.05, 4.69) is 6.92 Å². The van der Waals surface area contributed by atoms with Crippen molar-refractivity contribution in [1.29, 1.82) is 0 Å². The van der Waals surface area contributed by atoms with Crippen LogP contribution < -0.4 is 5.73 Å². The lowest BCUT2D eigenvalue weighted by atomic mass is 9.91. The van der Waals surface area contributed by atoms with Gasteiger partial charge in [-0.25, -0.2) is 13.2 Å². The van der Waals surface area contributed by atoms with Crippen molar-refractivity contribution >= 4 is 0 Å². The Hall–Kier alpha value is -1.81. The third-order valence-electron chi connectivity index (χ3n) is 3.74. The molecule has 2 rings (SSSR count). The smallest absolute Gasteiger partial charge is 0.195 e. The van der Waals surface area contributed by atoms with Crippen LogP contribution in [0.3, 0.4) is 0 Å². The summed E-state index contributed by atoms with van der Waals surface area (Å²) in [5.74, 6) is -3.41. The van der Waals surface area contributed by atoms with E-state index in [1.807, 2.05) is 12.1 Å². The van der Waals surface area contributed by atoms with Crippen molar-refractivity contribution in [1.82, 2.24) is 0 Å². The highest BCUT2D eigenvalue weighted by atomic mass is 19.2. The monoisotopic (exact) mass is 293 g/mol. The van der Waals surface area contributed by atoms with Gasteiger partial charge in [-0.1, -0.05) is 31.2 Å². The van der Waals surface area contributed by atoms with E-state index >= 15 is 0 Å². The van der Waals surface area contributed by atoms with Crippen molar-refractivity contribution in [2.24, 2.45) is 5.73 Å². The molecule has 2 N–H and O–H groups in total. The van der Waals surface area contributed by atoms with Gasteiger partial charge in [0.15, 0.2) is 17.5 Å². The predicted octanol–water partition coefficient (Wildman–Crippen LogP) is 4.61. The molecular weight excluding hydrogens is 275 g/mol. The van der Waals surface area contributed by atoms with Gasteiger partial charge in [-0.05, 0) is 48.6 Å². The first-order valence-electron chi connectivity index (χ1n) is 7.02. The molecule has 0 aliphatic heterocycles. The third kappa shape index (κ3) is 3.27. The maximum absolute atomic E-state index is 13.8. The van der Waals surface area contributed by atoms with Gasteiger partial charge >= 0.3 is 0 Å². The SMILES string of the molecule is CCC(CCN)c1ccc(-c2ccc(F)c(F)c2F)cc1. The third-order valence-corrected chi connectivity index (χ3v) is 3.74. The molecule has 0 spiro atoms. The summed E-state index contributed by atoms with van der Waals surface area (Å²) in [4.78, 5) is 0. The Kier molecular flexibility index (Phi) is 5.02. The maximum atomic E-state index is 13.8. The summed E-state index contributed by atoms with van der Waals surface area (Å²) in [5, 5.41) is 0. The summed E-state index contributed by atoms with van der Waals surface area (Å²) in [5.41, 5.74) is 7.30. The van der Waals surface area contributed by atoms with Crippen molar-refractivity contribution in [3.63, 3.8) is 0 Å². The topological polar surface area (TPSA) is 26.0 Å². The Morgan fingerprint density at radius 3 is 2.19 bits per heavy atom. The average Bonchev–Trinajstić information content (AvgIpc) is 2.51. The number of nitrogens with two attached hydrogens (primary N) is 1. The van der Waals surface area contributed by atoms with Gasteiger partial charge in [-0.2, -0.15) is 0 Å². The zero-order valence-corrected chi connectivity index (χ0v) is 11.9. The Bertz CT molecular complexity index is 608. The van der Waals surface area contributed by atoms with E-state index in [1.54, 1.807) is 12.1 Å². The van der Waals surface area contributed by atoms with E-state index in [0.29, 0.717) is 18.0 Å². The van der Waals surface area contributed by atoms with Gasteiger partial charge in [0.05, 0.1) is 0 Å². The van der Waals surface area contributed by atoms with E-state index in [1.165, 1.54) is 6.07 Å². The minimum absolute atomic E-state index is 0.0623. The van der Waals surface area contributed by atoms with Gasteiger partial charge in [0, 0.05) is 5.56 Å². The normalized spacial score (nSPS) is 12.4. The average molecular weight is 293 g/mol. The predicted molar refractivity (Wildman–Crippen MR) is 78.5 cm³/mol. The van der Waals surface area contributed by atoms with Crippen LogP contribution in [0.2, 0.25) is 0 Å². The molecule has 0 aromatic heterocycles. The fraction of sp³-hybridized carbons (Fsp3) is 0.294. The lowest BCUT2D eigenvalue weighted by Crippen LogP contribution is -2.06. The van der Waals surface area contributed by atoms with Crippen molar-refractivity contribution in [3.8, 4) is 11.1 Å². The van der Waals surface area contributed by atoms with Gasteiger partial charge < -0.3 is 5.73 Å². The van der Waals surface area contributed by atoms with Crippen molar-refractivity contribution in [2.45, 2.75) is 25.7 Å². The zero-order chi connectivity index (χ0) is 15.4. The number of hydrogen-bond donors (Lipinski definition) is 1. The van der Waals surface area contributed by atoms with Gasteiger partial charge in [0.2, 0.25) is 0 Å². The second-order valence-electron chi connectivity index (χ2n) is 5.03. The Labute approximate surface area is 122 Å². The van der Waals surface area contributed by atoms with E-state index in [-0.39, 0.29) is 5.56 Å². The molecule has 0 aliphatic carbocycles. The molecule has 0 amide bonds. The van der Waals surface area contributed by atoms with Crippen LogP contribution in [-0.2, 0) is 0 Å². The molecule has 0 saturated heterocycles. The van der Waals surface area contributed by atoms with Crippen LogP contribution in [0.4, 0.5) is 13.2 Å². The maximum Gasteiger partial charge on any atom is 0.195 e. The molecule has 112 valence electrons. The Morgan fingerprint density at radius 1 is 0.952 bits per heavy atom. The van der Waals surface area contributed by atoms with Gasteiger partial charge in [-0.15, -0.1) is 0 Å². The lowest BCUT2D eigenvalue weighted by Gasteiger charge is -2.15. The lowest BCUT2D eigenvalue weighted by molar-refractivity contribution is 0.449. The Morgan fingerprint density at radius 2 is 1.62 bits per heavy atom. The van der Waals surface area contributed by atoms with E-state index in [0.717, 1.165) is 24.5 Å². The van der Waals surface area contributed by atoms with E-state index in [4.69, 9.17) is 5.73 Å². The number of benzene rings is 2. The molecule has 2 aromatic carbocycles. The summed E-state index contributed by atoms with van der Waals surface area (Å²) in [6, 6.07) is 9.42. The van der Waals surface area contributed by atoms with Crippen LogP contribution in [0.25, 0.3) is 11.1 Å². The molecule has 21 heavy (non-hydrogen) atoms. The first kappa shape index (κ1) is 15.6. The highest BCUT2D eigenvalue weighted by Gasteiger charge is 2.15. The second kappa shape index (κ2) is 6.76. The van der Waals surface area contributed by atoms with Crippen LogP contribution in [-0.4, -0.2) is 6.54 Å². The number of halogens is 3. The molecule has 0 heterocycles. The Balaban J connectivity index is 2.33. The van der Waals surface area contributed by atoms with Crippen molar-refractivity contribution < 1.29 is 13.2 Å². The molecule has 0 radical (unpaired) electrons. The molecule has 0 bridgehead atoms. The highest BCUT2D eigenvalue weighted by molar-refractivity contribution is 5.64. The van der Waals surface area contributed by atoms with Gasteiger partial charge in [0.1, 0.15) is 0 Å². The van der Waals surface area contributed by atoms with Gasteiger partial charge in [-0.3, -0.25) is 0 Å². The summed E-state index contributed by atoms with van der Waals surface area (Å²) in [6.07, 6.45) is 1.85. The van der Waals surface area contributed by atoms with Crippen molar-refractivity contribution in [2.75, 3.05) is 6.54 Å². The zero-order valence-electron chi connectivity index (χ0n) is 11.9. The first-order chi connectivity index (χ1) is 10.1. The number of rotatable bonds is 5. The number of hydrogen-bond acceptors (Lipinski definition) is 1. The van der Waals surface area contributed by atoms with Crippen LogP contribution in [0.1, 0.15) is 31.2 Å².